The summed E-state index contributed by atoms with van der Waals surface area (Å²) in [5.74, 6) is -0.0752. The predicted octanol–water partition coefficient (Wildman–Crippen LogP) is 3.33. The van der Waals surface area contributed by atoms with Crippen molar-refractivity contribution >= 4 is 17.7 Å². The van der Waals surface area contributed by atoms with Crippen LogP contribution >= 0.6 is 11.8 Å². The van der Waals surface area contributed by atoms with Crippen molar-refractivity contribution in [1.82, 2.24) is 5.32 Å². The summed E-state index contributed by atoms with van der Waals surface area (Å²) in [6.07, 6.45) is 5.48. The maximum absolute atomic E-state index is 11.6. The first-order valence-corrected chi connectivity index (χ1v) is 7.97. The largest absolute Gasteiger partial charge is 0.466 e. The summed E-state index contributed by atoms with van der Waals surface area (Å²) in [4.78, 5) is 11.7. The summed E-state index contributed by atoms with van der Waals surface area (Å²) in [5, 5.41) is 4.10. The lowest BCUT2D eigenvalue weighted by atomic mass is 10.0. The third-order valence-electron chi connectivity index (χ3n) is 3.21. The Bertz CT molecular complexity index is 269. The van der Waals surface area contributed by atoms with Crippen LogP contribution in [-0.4, -0.2) is 28.7 Å². The van der Waals surface area contributed by atoms with E-state index in [1.54, 1.807) is 0 Å². The Kier molecular flexibility index (Phi) is 6.50. The van der Waals surface area contributed by atoms with Crippen LogP contribution in [0.15, 0.2) is 0 Å². The fourth-order valence-electron chi connectivity index (χ4n) is 2.47. The SMILES string of the molecule is CCCCC[C@@H]1SC(C)(C)N[C@H]1CC(=O)OCC. The molecule has 0 aromatic heterocycles. The molecule has 0 aromatic carbocycles. The number of hydrogen-bond donors (Lipinski definition) is 1. The number of unbranched alkanes of at least 4 members (excludes halogenated alkanes) is 2. The van der Waals surface area contributed by atoms with Crippen molar-refractivity contribution in [2.24, 2.45) is 0 Å². The molecule has 1 fully saturated rings. The molecule has 1 N–H and O–H groups in total. The van der Waals surface area contributed by atoms with Crippen molar-refractivity contribution in [3.8, 4) is 0 Å². The zero-order chi connectivity index (χ0) is 13.6. The average Bonchev–Trinajstić information content (AvgIpc) is 2.54. The third-order valence-corrected chi connectivity index (χ3v) is 4.79. The molecule has 1 saturated heterocycles. The lowest BCUT2D eigenvalue weighted by molar-refractivity contribution is -0.143. The number of thioether (sulfide) groups is 1. The van der Waals surface area contributed by atoms with Gasteiger partial charge in [0.05, 0.1) is 17.9 Å². The highest BCUT2D eigenvalue weighted by atomic mass is 32.2. The lowest BCUT2D eigenvalue weighted by Gasteiger charge is -2.18. The van der Waals surface area contributed by atoms with E-state index in [1.165, 1.54) is 25.7 Å². The Morgan fingerprint density at radius 2 is 2.06 bits per heavy atom. The maximum atomic E-state index is 11.6. The number of rotatable bonds is 7. The van der Waals surface area contributed by atoms with E-state index in [2.05, 4.69) is 26.1 Å². The van der Waals surface area contributed by atoms with E-state index < -0.39 is 0 Å². The Hall–Kier alpha value is -0.220. The summed E-state index contributed by atoms with van der Waals surface area (Å²) >= 11 is 1.97. The number of nitrogens with one attached hydrogen (secondary N) is 1. The molecule has 1 heterocycles. The van der Waals surface area contributed by atoms with E-state index in [9.17, 15) is 4.79 Å². The molecular formula is C14H27NO2S. The minimum atomic E-state index is -0.0752. The molecule has 0 bridgehead atoms. The number of esters is 1. The van der Waals surface area contributed by atoms with E-state index >= 15 is 0 Å². The standard InChI is InChI=1S/C14H27NO2S/c1-5-7-8-9-12-11(10-13(16)17-6-2)15-14(3,4)18-12/h11-12,15H,5-10H2,1-4H3/t11-,12-/m0/s1. The molecule has 0 aliphatic carbocycles. The van der Waals surface area contributed by atoms with Gasteiger partial charge in [-0.15, -0.1) is 11.8 Å². The van der Waals surface area contributed by atoms with Crippen LogP contribution in [0, 0.1) is 0 Å². The van der Waals surface area contributed by atoms with Crippen LogP contribution in [0.3, 0.4) is 0 Å². The number of carbonyl (C=O) groups is 1. The Morgan fingerprint density at radius 1 is 1.33 bits per heavy atom. The van der Waals surface area contributed by atoms with Crippen molar-refractivity contribution in [3.05, 3.63) is 0 Å². The van der Waals surface area contributed by atoms with Crippen LogP contribution in [0.1, 0.15) is 59.8 Å². The first-order valence-electron chi connectivity index (χ1n) is 7.09. The number of ether oxygens (including phenoxy) is 1. The summed E-state index contributed by atoms with van der Waals surface area (Å²) in [5.41, 5.74) is 0. The van der Waals surface area contributed by atoms with Crippen molar-refractivity contribution < 1.29 is 9.53 Å². The molecule has 18 heavy (non-hydrogen) atoms. The molecule has 0 amide bonds. The van der Waals surface area contributed by atoms with Gasteiger partial charge in [-0.3, -0.25) is 10.1 Å². The first-order chi connectivity index (χ1) is 8.48. The van der Waals surface area contributed by atoms with Crippen LogP contribution in [0.4, 0.5) is 0 Å². The van der Waals surface area contributed by atoms with Gasteiger partial charge >= 0.3 is 5.97 Å². The van der Waals surface area contributed by atoms with E-state index in [0.29, 0.717) is 18.3 Å². The monoisotopic (exact) mass is 273 g/mol. The molecule has 0 radical (unpaired) electrons. The highest BCUT2D eigenvalue weighted by Gasteiger charge is 2.39. The second-order valence-electron chi connectivity index (χ2n) is 5.42. The van der Waals surface area contributed by atoms with Gasteiger partial charge in [0.15, 0.2) is 0 Å². The highest BCUT2D eigenvalue weighted by molar-refractivity contribution is 8.01. The van der Waals surface area contributed by atoms with Crippen molar-refractivity contribution in [1.29, 1.82) is 0 Å². The molecule has 1 aliphatic heterocycles. The number of carbonyl (C=O) groups excluding carboxylic acids is 1. The van der Waals surface area contributed by atoms with Crippen LogP contribution in [0.2, 0.25) is 0 Å². The van der Waals surface area contributed by atoms with Gasteiger partial charge in [0.1, 0.15) is 0 Å². The molecule has 3 nitrogen and oxygen atoms in total. The van der Waals surface area contributed by atoms with Crippen LogP contribution in [0.25, 0.3) is 0 Å². The third kappa shape index (κ3) is 5.19. The van der Waals surface area contributed by atoms with E-state index in [1.807, 2.05) is 18.7 Å². The fourth-order valence-corrected chi connectivity index (χ4v) is 4.06. The van der Waals surface area contributed by atoms with Crippen LogP contribution in [-0.2, 0) is 9.53 Å². The Labute approximate surface area is 115 Å². The zero-order valence-corrected chi connectivity index (χ0v) is 12.9. The molecule has 0 aromatic rings. The highest BCUT2D eigenvalue weighted by Crippen LogP contribution is 2.39. The van der Waals surface area contributed by atoms with E-state index in [4.69, 9.17) is 4.74 Å². The van der Waals surface area contributed by atoms with Gasteiger partial charge in [0, 0.05) is 11.3 Å². The molecule has 1 aliphatic rings. The van der Waals surface area contributed by atoms with Crippen LogP contribution < -0.4 is 5.32 Å². The summed E-state index contributed by atoms with van der Waals surface area (Å²) in [7, 11) is 0. The topological polar surface area (TPSA) is 38.3 Å². The molecule has 1 rings (SSSR count). The minimum Gasteiger partial charge on any atom is -0.466 e. The van der Waals surface area contributed by atoms with Gasteiger partial charge in [0.2, 0.25) is 0 Å². The van der Waals surface area contributed by atoms with Gasteiger partial charge < -0.3 is 4.74 Å². The normalized spacial score (nSPS) is 26.2. The average molecular weight is 273 g/mol. The Balaban J connectivity index is 2.47. The summed E-state index contributed by atoms with van der Waals surface area (Å²) in [6, 6.07) is 0.265. The molecule has 0 saturated carbocycles. The summed E-state index contributed by atoms with van der Waals surface area (Å²) in [6.45, 7) is 8.94. The molecule has 106 valence electrons. The fraction of sp³-hybridized carbons (Fsp3) is 0.929. The summed E-state index contributed by atoms with van der Waals surface area (Å²) < 4.78 is 5.06. The zero-order valence-electron chi connectivity index (χ0n) is 12.1. The maximum Gasteiger partial charge on any atom is 0.307 e. The minimum absolute atomic E-state index is 0.0752. The second kappa shape index (κ2) is 7.39. The van der Waals surface area contributed by atoms with Crippen molar-refractivity contribution in [2.75, 3.05) is 6.61 Å². The molecule has 4 heteroatoms. The van der Waals surface area contributed by atoms with Gasteiger partial charge in [-0.05, 0) is 27.2 Å². The lowest BCUT2D eigenvalue weighted by Crippen LogP contribution is -2.39. The smallest absolute Gasteiger partial charge is 0.307 e. The van der Waals surface area contributed by atoms with Gasteiger partial charge in [0.25, 0.3) is 0 Å². The first kappa shape index (κ1) is 15.8. The van der Waals surface area contributed by atoms with Crippen molar-refractivity contribution in [3.63, 3.8) is 0 Å². The predicted molar refractivity (Wildman–Crippen MR) is 77.8 cm³/mol. The van der Waals surface area contributed by atoms with Gasteiger partial charge in [-0.1, -0.05) is 26.2 Å². The second-order valence-corrected chi connectivity index (χ2v) is 7.28. The van der Waals surface area contributed by atoms with Gasteiger partial charge in [-0.2, -0.15) is 0 Å². The molecule has 0 spiro atoms. The molecule has 2 atom stereocenters. The number of hydrogen-bond acceptors (Lipinski definition) is 4. The Morgan fingerprint density at radius 3 is 2.67 bits per heavy atom. The molecule has 0 unspecified atom stereocenters. The van der Waals surface area contributed by atoms with Gasteiger partial charge in [-0.25, -0.2) is 0 Å². The quantitative estimate of drug-likeness (QED) is 0.570. The van der Waals surface area contributed by atoms with Crippen molar-refractivity contribution in [2.45, 2.75) is 76.0 Å². The van der Waals surface area contributed by atoms with E-state index in [-0.39, 0.29) is 16.9 Å². The van der Waals surface area contributed by atoms with E-state index in [0.717, 1.165) is 0 Å². The molecular weight excluding hydrogens is 246 g/mol. The van der Waals surface area contributed by atoms with Crippen LogP contribution in [0.5, 0.6) is 0 Å².